The summed E-state index contributed by atoms with van der Waals surface area (Å²) < 4.78 is 4.84. The molecule has 1 aliphatic rings. The van der Waals surface area contributed by atoms with Gasteiger partial charge in [0.2, 0.25) is 0 Å². The molecule has 14 heavy (non-hydrogen) atoms. The van der Waals surface area contributed by atoms with Crippen LogP contribution in [0.15, 0.2) is 0 Å². The van der Waals surface area contributed by atoms with Crippen molar-refractivity contribution in [3.05, 3.63) is 0 Å². The third-order valence-electron chi connectivity index (χ3n) is 2.92. The van der Waals surface area contributed by atoms with Crippen LogP contribution in [0.1, 0.15) is 39.5 Å². The molecule has 82 valence electrons. The molecule has 0 atom stereocenters. The van der Waals surface area contributed by atoms with E-state index in [9.17, 15) is 4.79 Å². The molecule has 1 aliphatic carbocycles. The van der Waals surface area contributed by atoms with E-state index in [1.54, 1.807) is 0 Å². The first-order chi connectivity index (χ1) is 6.66. The van der Waals surface area contributed by atoms with Crippen LogP contribution in [0.4, 0.5) is 0 Å². The summed E-state index contributed by atoms with van der Waals surface area (Å²) >= 11 is 0. The summed E-state index contributed by atoms with van der Waals surface area (Å²) in [6.45, 7) is 6.39. The molecule has 0 heterocycles. The van der Waals surface area contributed by atoms with Crippen LogP contribution in [-0.4, -0.2) is 25.7 Å². The Morgan fingerprint density at radius 1 is 1.50 bits per heavy atom. The van der Waals surface area contributed by atoms with Crippen molar-refractivity contribution >= 4 is 5.97 Å². The van der Waals surface area contributed by atoms with Crippen molar-refractivity contribution < 1.29 is 9.53 Å². The predicted octanol–water partition coefficient (Wildman–Crippen LogP) is 1.72. The summed E-state index contributed by atoms with van der Waals surface area (Å²) in [4.78, 5) is 11.0. The van der Waals surface area contributed by atoms with Gasteiger partial charge in [-0.2, -0.15) is 0 Å². The minimum absolute atomic E-state index is 0.0984. The van der Waals surface area contributed by atoms with Crippen LogP contribution in [0.2, 0.25) is 0 Å². The number of rotatable bonds is 6. The van der Waals surface area contributed by atoms with E-state index in [2.05, 4.69) is 12.2 Å². The molecule has 0 aromatic carbocycles. The summed E-state index contributed by atoms with van der Waals surface area (Å²) in [6, 6.07) is 0. The van der Waals surface area contributed by atoms with Crippen molar-refractivity contribution in [3.8, 4) is 0 Å². The van der Waals surface area contributed by atoms with E-state index in [0.717, 1.165) is 13.1 Å². The number of carbonyl (C=O) groups is 1. The number of carbonyl (C=O) groups excluding carboxylic acids is 1. The molecule has 1 saturated carbocycles. The zero-order chi connectivity index (χ0) is 10.4. The van der Waals surface area contributed by atoms with Crippen molar-refractivity contribution in [3.63, 3.8) is 0 Å². The van der Waals surface area contributed by atoms with Gasteiger partial charge in [0.15, 0.2) is 0 Å². The summed E-state index contributed by atoms with van der Waals surface area (Å²) in [5, 5.41) is 3.32. The first kappa shape index (κ1) is 11.5. The van der Waals surface area contributed by atoms with Gasteiger partial charge in [0.25, 0.3) is 0 Å². The minimum atomic E-state index is -0.0984. The molecule has 3 heteroatoms. The maximum atomic E-state index is 11.0. The SMILES string of the molecule is CCOC(=O)CCNCC1(C)CCC1. The number of esters is 1. The Labute approximate surface area is 86.2 Å². The number of nitrogens with one attached hydrogen (secondary N) is 1. The van der Waals surface area contributed by atoms with Crippen LogP contribution in [0.3, 0.4) is 0 Å². The Hall–Kier alpha value is -0.570. The smallest absolute Gasteiger partial charge is 0.307 e. The molecule has 0 amide bonds. The van der Waals surface area contributed by atoms with Crippen molar-refractivity contribution in [2.45, 2.75) is 39.5 Å². The van der Waals surface area contributed by atoms with Gasteiger partial charge in [0.05, 0.1) is 13.0 Å². The zero-order valence-corrected chi connectivity index (χ0v) is 9.27. The van der Waals surface area contributed by atoms with Crippen LogP contribution >= 0.6 is 0 Å². The highest BCUT2D eigenvalue weighted by molar-refractivity contribution is 5.69. The van der Waals surface area contributed by atoms with Crippen LogP contribution < -0.4 is 5.32 Å². The molecular formula is C11H21NO2. The standard InChI is InChI=1S/C11H21NO2/c1-3-14-10(13)5-8-12-9-11(2)6-4-7-11/h12H,3-9H2,1-2H3. The molecule has 0 spiro atoms. The monoisotopic (exact) mass is 199 g/mol. The summed E-state index contributed by atoms with van der Waals surface area (Å²) in [6.07, 6.45) is 4.48. The Morgan fingerprint density at radius 2 is 2.21 bits per heavy atom. The molecule has 0 saturated heterocycles. The van der Waals surface area contributed by atoms with E-state index in [1.807, 2.05) is 6.92 Å². The lowest BCUT2D eigenvalue weighted by molar-refractivity contribution is -0.143. The maximum absolute atomic E-state index is 11.0. The Balaban J connectivity index is 1.96. The lowest BCUT2D eigenvalue weighted by Gasteiger charge is -2.38. The Kier molecular flexibility index (Phi) is 4.39. The molecule has 1 rings (SSSR count). The lowest BCUT2D eigenvalue weighted by atomic mass is 9.70. The second kappa shape index (κ2) is 5.35. The number of hydrogen-bond acceptors (Lipinski definition) is 3. The highest BCUT2D eigenvalue weighted by Gasteiger charge is 2.30. The molecule has 0 radical (unpaired) electrons. The van der Waals surface area contributed by atoms with Gasteiger partial charge in [-0.1, -0.05) is 13.3 Å². The van der Waals surface area contributed by atoms with Crippen molar-refractivity contribution in [2.75, 3.05) is 19.7 Å². The topological polar surface area (TPSA) is 38.3 Å². The second-order valence-electron chi connectivity index (χ2n) is 4.40. The minimum Gasteiger partial charge on any atom is -0.466 e. The highest BCUT2D eigenvalue weighted by Crippen LogP contribution is 2.39. The quantitative estimate of drug-likeness (QED) is 0.523. The van der Waals surface area contributed by atoms with Crippen molar-refractivity contribution in [1.82, 2.24) is 5.32 Å². The third-order valence-corrected chi connectivity index (χ3v) is 2.92. The molecule has 0 aromatic heterocycles. The average molecular weight is 199 g/mol. The zero-order valence-electron chi connectivity index (χ0n) is 9.27. The van der Waals surface area contributed by atoms with E-state index in [-0.39, 0.29) is 5.97 Å². The fourth-order valence-corrected chi connectivity index (χ4v) is 1.77. The first-order valence-electron chi connectivity index (χ1n) is 5.53. The van der Waals surface area contributed by atoms with Gasteiger partial charge in [0, 0.05) is 13.1 Å². The number of ether oxygens (including phenoxy) is 1. The Morgan fingerprint density at radius 3 is 2.71 bits per heavy atom. The summed E-state index contributed by atoms with van der Waals surface area (Å²) in [5.74, 6) is -0.0984. The molecule has 0 unspecified atom stereocenters. The van der Waals surface area contributed by atoms with Gasteiger partial charge < -0.3 is 10.1 Å². The highest BCUT2D eigenvalue weighted by atomic mass is 16.5. The largest absolute Gasteiger partial charge is 0.466 e. The van der Waals surface area contributed by atoms with Crippen LogP contribution in [0.5, 0.6) is 0 Å². The Bertz CT molecular complexity index is 188. The van der Waals surface area contributed by atoms with Crippen molar-refractivity contribution in [2.24, 2.45) is 5.41 Å². The fourth-order valence-electron chi connectivity index (χ4n) is 1.77. The van der Waals surface area contributed by atoms with Gasteiger partial charge in [-0.3, -0.25) is 4.79 Å². The molecule has 0 aromatic rings. The van der Waals surface area contributed by atoms with Gasteiger partial charge >= 0.3 is 5.97 Å². The first-order valence-corrected chi connectivity index (χ1v) is 5.53. The van der Waals surface area contributed by atoms with E-state index in [4.69, 9.17) is 4.74 Å². The van der Waals surface area contributed by atoms with Crippen LogP contribution in [-0.2, 0) is 9.53 Å². The molecule has 3 nitrogen and oxygen atoms in total. The maximum Gasteiger partial charge on any atom is 0.307 e. The molecule has 0 bridgehead atoms. The molecule has 1 N–H and O–H groups in total. The number of hydrogen-bond donors (Lipinski definition) is 1. The van der Waals surface area contributed by atoms with E-state index >= 15 is 0 Å². The van der Waals surface area contributed by atoms with Gasteiger partial charge in [-0.25, -0.2) is 0 Å². The molecule has 0 aliphatic heterocycles. The van der Waals surface area contributed by atoms with E-state index in [1.165, 1.54) is 19.3 Å². The lowest BCUT2D eigenvalue weighted by Crippen LogP contribution is -2.38. The van der Waals surface area contributed by atoms with Crippen LogP contribution in [0, 0.1) is 5.41 Å². The van der Waals surface area contributed by atoms with Crippen LogP contribution in [0.25, 0.3) is 0 Å². The van der Waals surface area contributed by atoms with E-state index < -0.39 is 0 Å². The van der Waals surface area contributed by atoms with Gasteiger partial charge in [-0.15, -0.1) is 0 Å². The fraction of sp³-hybridized carbons (Fsp3) is 0.909. The average Bonchev–Trinajstić information content (AvgIpc) is 2.10. The third kappa shape index (κ3) is 3.66. The van der Waals surface area contributed by atoms with Gasteiger partial charge in [-0.05, 0) is 25.2 Å². The molecular weight excluding hydrogens is 178 g/mol. The molecule has 1 fully saturated rings. The summed E-state index contributed by atoms with van der Waals surface area (Å²) in [7, 11) is 0. The van der Waals surface area contributed by atoms with Crippen molar-refractivity contribution in [1.29, 1.82) is 0 Å². The van der Waals surface area contributed by atoms with E-state index in [0.29, 0.717) is 18.4 Å². The van der Waals surface area contributed by atoms with Gasteiger partial charge in [0.1, 0.15) is 0 Å². The second-order valence-corrected chi connectivity index (χ2v) is 4.40. The normalized spacial score (nSPS) is 18.7. The summed E-state index contributed by atoms with van der Waals surface area (Å²) in [5.41, 5.74) is 0.495. The predicted molar refractivity (Wildman–Crippen MR) is 56.1 cm³/mol.